The van der Waals surface area contributed by atoms with E-state index in [0.29, 0.717) is 17.9 Å². The van der Waals surface area contributed by atoms with E-state index >= 15 is 0 Å². The summed E-state index contributed by atoms with van der Waals surface area (Å²) < 4.78 is 0. The maximum atomic E-state index is 5.32. The number of terminal acetylenes is 1. The van der Waals surface area contributed by atoms with Gasteiger partial charge < -0.3 is 5.32 Å². The van der Waals surface area contributed by atoms with Crippen molar-refractivity contribution < 1.29 is 0 Å². The molecule has 1 heteroatoms. The summed E-state index contributed by atoms with van der Waals surface area (Å²) in [6.07, 6.45) is 6.11. The fourth-order valence-electron chi connectivity index (χ4n) is 2.02. The first-order chi connectivity index (χ1) is 8.15. The summed E-state index contributed by atoms with van der Waals surface area (Å²) >= 11 is 0. The smallest absolute Gasteiger partial charge is 0.0238 e. The van der Waals surface area contributed by atoms with Gasteiger partial charge in [-0.1, -0.05) is 44.2 Å². The molecule has 0 aromatic heterocycles. The molecule has 0 spiro atoms. The number of hydrogen-bond acceptors (Lipinski definition) is 1. The molecule has 1 nitrogen and oxygen atoms in total. The van der Waals surface area contributed by atoms with Crippen LogP contribution in [0.3, 0.4) is 0 Å². The van der Waals surface area contributed by atoms with Crippen molar-refractivity contribution in [2.24, 2.45) is 5.92 Å². The van der Waals surface area contributed by atoms with E-state index in [-0.39, 0.29) is 0 Å². The Morgan fingerprint density at radius 1 is 1.18 bits per heavy atom. The van der Waals surface area contributed by atoms with Gasteiger partial charge in [-0.05, 0) is 24.3 Å². The lowest BCUT2D eigenvalue weighted by molar-refractivity contribution is 0.434. The van der Waals surface area contributed by atoms with E-state index in [9.17, 15) is 0 Å². The fraction of sp³-hybridized carbons (Fsp3) is 0.500. The van der Waals surface area contributed by atoms with Crippen molar-refractivity contribution in [3.8, 4) is 12.3 Å². The van der Waals surface area contributed by atoms with Crippen molar-refractivity contribution >= 4 is 0 Å². The molecule has 0 heterocycles. The molecule has 2 unspecified atom stereocenters. The summed E-state index contributed by atoms with van der Waals surface area (Å²) in [5, 5.41) is 3.52. The van der Waals surface area contributed by atoms with Gasteiger partial charge >= 0.3 is 0 Å². The van der Waals surface area contributed by atoms with Crippen molar-refractivity contribution in [1.82, 2.24) is 5.32 Å². The van der Waals surface area contributed by atoms with E-state index in [1.807, 2.05) is 0 Å². The van der Waals surface area contributed by atoms with Gasteiger partial charge in [0.25, 0.3) is 0 Å². The zero-order valence-corrected chi connectivity index (χ0v) is 11.1. The van der Waals surface area contributed by atoms with Gasteiger partial charge in [0.15, 0.2) is 0 Å². The molecule has 1 aromatic rings. The third-order valence-electron chi connectivity index (χ3n) is 3.14. The highest BCUT2D eigenvalue weighted by molar-refractivity contribution is 5.20. The molecule has 92 valence electrons. The van der Waals surface area contributed by atoms with E-state index in [1.165, 1.54) is 5.56 Å². The van der Waals surface area contributed by atoms with Crippen LogP contribution in [0.5, 0.6) is 0 Å². The third kappa shape index (κ3) is 4.63. The van der Waals surface area contributed by atoms with Crippen LogP contribution in [-0.4, -0.2) is 12.6 Å². The minimum absolute atomic E-state index is 0.393. The Balaban J connectivity index is 2.60. The molecule has 0 bridgehead atoms. The summed E-state index contributed by atoms with van der Waals surface area (Å²) in [4.78, 5) is 0. The zero-order valence-electron chi connectivity index (χ0n) is 11.1. The average Bonchev–Trinajstić information content (AvgIpc) is 2.30. The lowest BCUT2D eigenvalue weighted by atomic mass is 9.88. The van der Waals surface area contributed by atoms with Gasteiger partial charge in [-0.3, -0.25) is 0 Å². The standard InChI is InChI=1S/C16H23N/c1-5-9-14(4)17-12-16(13(2)3)15-10-7-6-8-11-15/h1,6-8,10-11,13-14,16-17H,9,12H2,2-4H3. The third-order valence-corrected chi connectivity index (χ3v) is 3.14. The second-order valence-corrected chi connectivity index (χ2v) is 4.98. The largest absolute Gasteiger partial charge is 0.313 e. The summed E-state index contributed by atoms with van der Waals surface area (Å²) in [5.74, 6) is 3.88. The van der Waals surface area contributed by atoms with Crippen molar-refractivity contribution in [3.63, 3.8) is 0 Å². The number of nitrogens with one attached hydrogen (secondary N) is 1. The molecule has 0 aliphatic rings. The molecule has 0 radical (unpaired) electrons. The van der Waals surface area contributed by atoms with Gasteiger partial charge in [0.05, 0.1) is 0 Å². The Kier molecular flexibility index (Phi) is 5.80. The topological polar surface area (TPSA) is 12.0 Å². The molecule has 17 heavy (non-hydrogen) atoms. The number of benzene rings is 1. The molecule has 0 aliphatic heterocycles. The van der Waals surface area contributed by atoms with Gasteiger partial charge in [0.1, 0.15) is 0 Å². The average molecular weight is 229 g/mol. The monoisotopic (exact) mass is 229 g/mol. The van der Waals surface area contributed by atoms with Crippen LogP contribution >= 0.6 is 0 Å². The van der Waals surface area contributed by atoms with Crippen LogP contribution in [0.25, 0.3) is 0 Å². The summed E-state index contributed by atoms with van der Waals surface area (Å²) in [5.41, 5.74) is 1.41. The van der Waals surface area contributed by atoms with Crippen molar-refractivity contribution in [2.75, 3.05) is 6.54 Å². The van der Waals surface area contributed by atoms with E-state index < -0.39 is 0 Å². The highest BCUT2D eigenvalue weighted by atomic mass is 14.9. The van der Waals surface area contributed by atoms with Gasteiger partial charge in [-0.2, -0.15) is 0 Å². The molecule has 1 aromatic carbocycles. The molecule has 0 fully saturated rings. The maximum Gasteiger partial charge on any atom is 0.0238 e. The van der Waals surface area contributed by atoms with Crippen LogP contribution in [-0.2, 0) is 0 Å². The Labute approximate surface area is 106 Å². The van der Waals surface area contributed by atoms with Gasteiger partial charge in [0, 0.05) is 19.0 Å². The van der Waals surface area contributed by atoms with E-state index in [0.717, 1.165) is 13.0 Å². The van der Waals surface area contributed by atoms with Gasteiger partial charge in [-0.15, -0.1) is 12.3 Å². The first-order valence-corrected chi connectivity index (χ1v) is 6.37. The molecule has 0 saturated carbocycles. The van der Waals surface area contributed by atoms with E-state index in [1.54, 1.807) is 0 Å². The summed E-state index contributed by atoms with van der Waals surface area (Å²) in [7, 11) is 0. The molecule has 0 aliphatic carbocycles. The normalized spacial score (nSPS) is 14.3. The van der Waals surface area contributed by atoms with Crippen molar-refractivity contribution in [1.29, 1.82) is 0 Å². The highest BCUT2D eigenvalue weighted by Crippen LogP contribution is 2.23. The van der Waals surface area contributed by atoms with Crippen LogP contribution in [0.4, 0.5) is 0 Å². The molecular weight excluding hydrogens is 206 g/mol. The predicted octanol–water partition coefficient (Wildman–Crippen LogP) is 3.43. The lowest BCUT2D eigenvalue weighted by Crippen LogP contribution is -2.31. The second kappa shape index (κ2) is 7.14. The summed E-state index contributed by atoms with van der Waals surface area (Å²) in [6, 6.07) is 11.1. The Morgan fingerprint density at radius 2 is 1.82 bits per heavy atom. The van der Waals surface area contributed by atoms with Gasteiger partial charge in [0.2, 0.25) is 0 Å². The number of rotatable bonds is 6. The molecule has 0 saturated heterocycles. The van der Waals surface area contributed by atoms with Crippen LogP contribution in [0.15, 0.2) is 30.3 Å². The van der Waals surface area contributed by atoms with E-state index in [4.69, 9.17) is 6.42 Å². The number of hydrogen-bond donors (Lipinski definition) is 1. The van der Waals surface area contributed by atoms with Crippen LogP contribution in [0.2, 0.25) is 0 Å². The quantitative estimate of drug-likeness (QED) is 0.737. The Morgan fingerprint density at radius 3 is 2.35 bits per heavy atom. The SMILES string of the molecule is C#CCC(C)NCC(c1ccccc1)C(C)C. The molecule has 1 rings (SSSR count). The molecular formula is C16H23N. The Hall–Kier alpha value is -1.26. The minimum atomic E-state index is 0.393. The first-order valence-electron chi connectivity index (χ1n) is 6.37. The predicted molar refractivity (Wildman–Crippen MR) is 74.9 cm³/mol. The second-order valence-electron chi connectivity index (χ2n) is 4.98. The van der Waals surface area contributed by atoms with Crippen LogP contribution < -0.4 is 5.32 Å². The van der Waals surface area contributed by atoms with Gasteiger partial charge in [-0.25, -0.2) is 0 Å². The lowest BCUT2D eigenvalue weighted by Gasteiger charge is -2.23. The fourth-order valence-corrected chi connectivity index (χ4v) is 2.02. The Bertz CT molecular complexity index is 348. The molecule has 2 atom stereocenters. The van der Waals surface area contributed by atoms with Crippen molar-refractivity contribution in [2.45, 2.75) is 39.2 Å². The maximum absolute atomic E-state index is 5.32. The van der Waals surface area contributed by atoms with E-state index in [2.05, 4.69) is 62.3 Å². The molecule has 1 N–H and O–H groups in total. The molecule has 0 amide bonds. The minimum Gasteiger partial charge on any atom is -0.313 e. The summed E-state index contributed by atoms with van der Waals surface area (Å²) in [6.45, 7) is 7.67. The highest BCUT2D eigenvalue weighted by Gasteiger charge is 2.15. The van der Waals surface area contributed by atoms with Crippen LogP contribution in [0, 0.1) is 18.3 Å². The zero-order chi connectivity index (χ0) is 12.7. The van der Waals surface area contributed by atoms with Crippen LogP contribution in [0.1, 0.15) is 38.7 Å². The first kappa shape index (κ1) is 13.8. The van der Waals surface area contributed by atoms with Crippen molar-refractivity contribution in [3.05, 3.63) is 35.9 Å².